The van der Waals surface area contributed by atoms with E-state index in [-0.39, 0.29) is 17.7 Å². The van der Waals surface area contributed by atoms with Crippen LogP contribution in [0, 0.1) is 6.92 Å². The van der Waals surface area contributed by atoms with Gasteiger partial charge in [-0.15, -0.1) is 0 Å². The first-order valence-electron chi connectivity index (χ1n) is 8.66. The highest BCUT2D eigenvalue weighted by Gasteiger charge is 2.21. The molecule has 2 aromatic rings. The van der Waals surface area contributed by atoms with Gasteiger partial charge in [-0.2, -0.15) is 0 Å². The van der Waals surface area contributed by atoms with Crippen molar-refractivity contribution in [3.05, 3.63) is 62.6 Å². The van der Waals surface area contributed by atoms with E-state index >= 15 is 0 Å². The van der Waals surface area contributed by atoms with Gasteiger partial charge >= 0.3 is 0 Å². The molecule has 0 bridgehead atoms. The van der Waals surface area contributed by atoms with Gasteiger partial charge in [-0.3, -0.25) is 0 Å². The van der Waals surface area contributed by atoms with E-state index in [1.165, 1.54) is 0 Å². The van der Waals surface area contributed by atoms with E-state index in [0.717, 1.165) is 22.4 Å². The molecule has 0 aromatic heterocycles. The molecule has 2 aromatic carbocycles. The van der Waals surface area contributed by atoms with Crippen molar-refractivity contribution < 1.29 is 13.2 Å². The van der Waals surface area contributed by atoms with Crippen LogP contribution in [0.3, 0.4) is 0 Å². The van der Waals surface area contributed by atoms with Gasteiger partial charge in [-0.05, 0) is 66.3 Å². The highest BCUT2D eigenvalue weighted by molar-refractivity contribution is 7.88. The molecule has 0 aliphatic rings. The Labute approximate surface area is 171 Å². The topological polar surface area (TPSA) is 55.4 Å². The Hall–Kier alpha value is -1.27. The first-order chi connectivity index (χ1) is 12.5. The zero-order chi connectivity index (χ0) is 20.4. The predicted octanol–water partition coefficient (Wildman–Crippen LogP) is 5.61. The summed E-state index contributed by atoms with van der Waals surface area (Å²) >= 11 is 12.0. The SMILES string of the molecule is COc1cc(C)c([C@@H](C)NS(=O)(=O)Cc2ccc(Cl)cc2Cl)cc1C(C)C. The maximum atomic E-state index is 12.6. The van der Waals surface area contributed by atoms with E-state index in [0.29, 0.717) is 15.6 Å². The molecule has 1 atom stereocenters. The lowest BCUT2D eigenvalue weighted by atomic mass is 9.94. The fourth-order valence-corrected chi connectivity index (χ4v) is 4.99. The molecule has 0 saturated heterocycles. The minimum atomic E-state index is -3.59. The number of methoxy groups -OCH3 is 1. The number of nitrogens with one attached hydrogen (secondary N) is 1. The van der Waals surface area contributed by atoms with Crippen LogP contribution in [0.4, 0.5) is 0 Å². The van der Waals surface area contributed by atoms with Crippen molar-refractivity contribution in [2.45, 2.75) is 45.4 Å². The van der Waals surface area contributed by atoms with Crippen molar-refractivity contribution in [2.75, 3.05) is 7.11 Å². The second-order valence-electron chi connectivity index (χ2n) is 6.94. The third-order valence-electron chi connectivity index (χ3n) is 4.42. The number of benzene rings is 2. The van der Waals surface area contributed by atoms with Crippen LogP contribution >= 0.6 is 23.2 Å². The van der Waals surface area contributed by atoms with Crippen molar-refractivity contribution in [3.8, 4) is 5.75 Å². The molecule has 1 N–H and O–H groups in total. The van der Waals surface area contributed by atoms with E-state index in [1.54, 1.807) is 25.3 Å². The summed E-state index contributed by atoms with van der Waals surface area (Å²) < 4.78 is 33.5. The number of sulfonamides is 1. The molecule has 0 spiro atoms. The first kappa shape index (κ1) is 22.0. The number of ether oxygens (including phenoxy) is 1. The average molecular weight is 430 g/mol. The Bertz CT molecular complexity index is 927. The summed E-state index contributed by atoms with van der Waals surface area (Å²) in [4.78, 5) is 0. The first-order valence-corrected chi connectivity index (χ1v) is 11.1. The number of aryl methyl sites for hydroxylation is 1. The van der Waals surface area contributed by atoms with Gasteiger partial charge in [0, 0.05) is 16.1 Å². The average Bonchev–Trinajstić information content (AvgIpc) is 2.56. The van der Waals surface area contributed by atoms with Crippen LogP contribution in [0.1, 0.15) is 55.0 Å². The van der Waals surface area contributed by atoms with Crippen LogP contribution in [-0.2, 0) is 15.8 Å². The van der Waals surface area contributed by atoms with E-state index in [4.69, 9.17) is 27.9 Å². The normalized spacial score (nSPS) is 13.0. The number of hydrogen-bond donors (Lipinski definition) is 1. The van der Waals surface area contributed by atoms with Crippen LogP contribution in [0.25, 0.3) is 0 Å². The molecule has 0 amide bonds. The predicted molar refractivity (Wildman–Crippen MR) is 112 cm³/mol. The highest BCUT2D eigenvalue weighted by Crippen LogP contribution is 2.32. The van der Waals surface area contributed by atoms with Crippen LogP contribution in [0.15, 0.2) is 30.3 Å². The maximum absolute atomic E-state index is 12.6. The second-order valence-corrected chi connectivity index (χ2v) is 9.54. The van der Waals surface area contributed by atoms with E-state index in [9.17, 15) is 8.42 Å². The van der Waals surface area contributed by atoms with Gasteiger partial charge in [-0.25, -0.2) is 13.1 Å². The van der Waals surface area contributed by atoms with E-state index in [2.05, 4.69) is 18.6 Å². The quantitative estimate of drug-likeness (QED) is 0.621. The summed E-state index contributed by atoms with van der Waals surface area (Å²) in [6, 6.07) is 8.38. The summed E-state index contributed by atoms with van der Waals surface area (Å²) in [7, 11) is -1.95. The van der Waals surface area contributed by atoms with Crippen LogP contribution in [-0.4, -0.2) is 15.5 Å². The molecule has 0 heterocycles. The molecule has 7 heteroatoms. The molecule has 2 rings (SSSR count). The Balaban J connectivity index is 2.27. The monoisotopic (exact) mass is 429 g/mol. The Morgan fingerprint density at radius 2 is 1.74 bits per heavy atom. The van der Waals surface area contributed by atoms with Gasteiger partial charge in [0.2, 0.25) is 10.0 Å². The molecule has 4 nitrogen and oxygen atoms in total. The standard InChI is InChI=1S/C20H25Cl2NO3S/c1-12(2)17-10-18(13(3)8-20(17)26-5)14(4)23-27(24,25)11-15-6-7-16(21)9-19(15)22/h6-10,12,14,23H,11H2,1-5H3/t14-/m1/s1. The zero-order valence-electron chi connectivity index (χ0n) is 16.1. The largest absolute Gasteiger partial charge is 0.496 e. The van der Waals surface area contributed by atoms with E-state index < -0.39 is 10.0 Å². The van der Waals surface area contributed by atoms with Gasteiger partial charge in [0.15, 0.2) is 0 Å². The smallest absolute Gasteiger partial charge is 0.216 e. The lowest BCUT2D eigenvalue weighted by Crippen LogP contribution is -2.28. The Morgan fingerprint density at radius 3 is 2.30 bits per heavy atom. The van der Waals surface area contributed by atoms with Gasteiger partial charge in [-0.1, -0.05) is 43.1 Å². The molecule has 148 valence electrons. The summed E-state index contributed by atoms with van der Waals surface area (Å²) in [6.45, 7) is 7.94. The Morgan fingerprint density at radius 1 is 1.07 bits per heavy atom. The molecule has 0 aliphatic heterocycles. The van der Waals surface area contributed by atoms with Crippen molar-refractivity contribution in [3.63, 3.8) is 0 Å². The lowest BCUT2D eigenvalue weighted by molar-refractivity contribution is 0.406. The van der Waals surface area contributed by atoms with Gasteiger partial charge < -0.3 is 4.74 Å². The molecule has 0 aliphatic carbocycles. The van der Waals surface area contributed by atoms with Crippen molar-refractivity contribution in [2.24, 2.45) is 0 Å². The van der Waals surface area contributed by atoms with Gasteiger partial charge in [0.05, 0.1) is 12.9 Å². The van der Waals surface area contributed by atoms with Crippen LogP contribution in [0.2, 0.25) is 10.0 Å². The molecule has 0 fully saturated rings. The van der Waals surface area contributed by atoms with Crippen molar-refractivity contribution >= 4 is 33.2 Å². The van der Waals surface area contributed by atoms with Crippen LogP contribution in [0.5, 0.6) is 5.75 Å². The number of halogens is 2. The Kier molecular flexibility index (Phi) is 7.20. The molecule has 0 radical (unpaired) electrons. The summed E-state index contributed by atoms with van der Waals surface area (Å²) in [5.74, 6) is 0.866. The number of hydrogen-bond acceptors (Lipinski definition) is 3. The fourth-order valence-electron chi connectivity index (χ4n) is 3.03. The summed E-state index contributed by atoms with van der Waals surface area (Å²) in [6.07, 6.45) is 0. The maximum Gasteiger partial charge on any atom is 0.216 e. The van der Waals surface area contributed by atoms with E-state index in [1.807, 2.05) is 26.0 Å². The lowest BCUT2D eigenvalue weighted by Gasteiger charge is -2.21. The number of rotatable bonds is 7. The highest BCUT2D eigenvalue weighted by atomic mass is 35.5. The third-order valence-corrected chi connectivity index (χ3v) is 6.41. The molecule has 0 unspecified atom stereocenters. The fraction of sp³-hybridized carbons (Fsp3) is 0.400. The van der Waals surface area contributed by atoms with Crippen molar-refractivity contribution in [1.82, 2.24) is 4.72 Å². The van der Waals surface area contributed by atoms with Gasteiger partial charge in [0.25, 0.3) is 0 Å². The molecular formula is C20H25Cl2NO3S. The zero-order valence-corrected chi connectivity index (χ0v) is 18.5. The third kappa shape index (κ3) is 5.61. The minimum absolute atomic E-state index is 0.209. The molecule has 0 saturated carbocycles. The second kappa shape index (κ2) is 8.82. The summed E-state index contributed by atoms with van der Waals surface area (Å²) in [5.41, 5.74) is 3.45. The molecular weight excluding hydrogens is 405 g/mol. The molecule has 27 heavy (non-hydrogen) atoms. The van der Waals surface area contributed by atoms with Crippen LogP contribution < -0.4 is 9.46 Å². The summed E-state index contributed by atoms with van der Waals surface area (Å²) in [5, 5.41) is 0.806. The van der Waals surface area contributed by atoms with Crippen molar-refractivity contribution in [1.29, 1.82) is 0 Å². The van der Waals surface area contributed by atoms with Gasteiger partial charge in [0.1, 0.15) is 5.75 Å². The minimum Gasteiger partial charge on any atom is -0.496 e.